The zero-order valence-corrected chi connectivity index (χ0v) is 60.6. The first-order chi connectivity index (χ1) is 47.9. The minimum atomic E-state index is -4.11. The van der Waals surface area contributed by atoms with E-state index >= 15 is 0 Å². The monoisotopic (exact) mass is 1580 g/mol. The highest BCUT2D eigenvalue weighted by Crippen LogP contribution is 2.39. The predicted octanol–water partition coefficient (Wildman–Crippen LogP) is 7.83. The summed E-state index contributed by atoms with van der Waals surface area (Å²) in [6.45, 7) is 2.04. The van der Waals surface area contributed by atoms with Gasteiger partial charge in [0.2, 0.25) is 11.8 Å². The molecule has 0 aliphatic carbocycles. The first kappa shape index (κ1) is 78.3. The van der Waals surface area contributed by atoms with Gasteiger partial charge in [0.25, 0.3) is 23.6 Å². The minimum absolute atomic E-state index is 0. The van der Waals surface area contributed by atoms with Crippen LogP contribution in [0.25, 0.3) is 10.4 Å². The number of halogens is 2. The van der Waals surface area contributed by atoms with Crippen LogP contribution in [0, 0.1) is 0 Å². The predicted molar refractivity (Wildman–Crippen MR) is 379 cm³/mol. The van der Waals surface area contributed by atoms with Crippen molar-refractivity contribution >= 4 is 126 Å². The summed E-state index contributed by atoms with van der Waals surface area (Å²) in [4.78, 5) is 76.4. The van der Waals surface area contributed by atoms with Crippen molar-refractivity contribution in [2.24, 2.45) is 0 Å². The van der Waals surface area contributed by atoms with E-state index in [4.69, 9.17) is 55.6 Å². The van der Waals surface area contributed by atoms with E-state index in [2.05, 4.69) is 31.9 Å². The quantitative estimate of drug-likeness (QED) is 0.0134. The SMILES string of the molecule is O=C(Cc1ccc(-c2ccc(Cl)cc2)s1)NCCOc1ccc(S(=O)(=O)C2(C(=O)NO)CCOCC2)cc1.O=C(Cc1cccs1)NCCOc1ccc(S(=O)(=O)C2(C(=O)NO)CCOCC2)cc1.O=C(NCCOc1ccc(S(=O)(=O)C2(C(=O)NO)CCOCC2)cc1)c1ccc(Br)s1.[HH].[HH].[HH]. The number of nitrogens with one attached hydrogen (secondary N) is 6. The van der Waals surface area contributed by atoms with E-state index in [0.29, 0.717) is 40.1 Å². The molecule has 0 unspecified atom stereocenters. The highest BCUT2D eigenvalue weighted by atomic mass is 79.9. The molecule has 7 aromatic rings. The van der Waals surface area contributed by atoms with Crippen molar-refractivity contribution in [2.45, 2.75) is 80.3 Å². The fourth-order valence-corrected chi connectivity index (χ4v) is 19.7. The standard InChI is InChI=1S/C26H27ClN2O7S2.C20H24N2O7S2.C19H21BrN2O7S2.3H2/c27-19-3-1-18(2-4-19)23-10-7-21(37-23)17-24(30)28-13-16-36-20-5-8-22(9-6-20)38(33,34)26(25(31)29-32)11-14-35-15-12-26;23-18(14-16-2-1-13-30-16)21-9-12-29-15-3-5-17(6-4-15)31(26,27)20(19(24)22-25)7-10-28-11-8-20;20-16-6-5-15(30-16)17(23)21-9-12-29-13-1-3-14(4-2-13)31(26,27)19(18(24)22-25)7-10-28-11-8-19;;;/h1-10,32H,11-17H2,(H,28,30)(H,29,31);1-6,13,25H,7-12,14H2,(H,21,23)(H,22,24);1-6,25H,7-12H2,(H,21,23)(H,22,24);3*1H. The van der Waals surface area contributed by atoms with Gasteiger partial charge in [0.1, 0.15) is 37.1 Å². The maximum atomic E-state index is 13.3. The molecule has 0 radical (unpaired) electrons. The number of hydrogen-bond donors (Lipinski definition) is 9. The average molecular weight is 1590 g/mol. The molecular weight excluding hydrogens is 1510 g/mol. The fraction of sp³-hybridized carbons (Fsp3) is 0.354. The third kappa shape index (κ3) is 19.4. The number of sulfone groups is 3. The van der Waals surface area contributed by atoms with Gasteiger partial charge in [-0.2, -0.15) is 0 Å². The first-order valence-electron chi connectivity index (χ1n) is 30.9. The van der Waals surface area contributed by atoms with Crippen LogP contribution in [0.5, 0.6) is 17.2 Å². The number of hydroxylamine groups is 3. The van der Waals surface area contributed by atoms with E-state index < -0.39 is 61.5 Å². The molecule has 10 rings (SSSR count). The number of carbonyl (C=O) groups is 6. The van der Waals surface area contributed by atoms with Crippen LogP contribution in [0.4, 0.5) is 0 Å². The normalized spacial score (nSPS) is 15.5. The third-order valence-corrected chi connectivity index (χ3v) is 27.7. The Morgan fingerprint density at radius 3 is 1.21 bits per heavy atom. The maximum Gasteiger partial charge on any atom is 0.265 e. The molecule has 0 spiro atoms. The molecule has 9 N–H and O–H groups in total. The summed E-state index contributed by atoms with van der Waals surface area (Å²) in [5.74, 6) is -2.08. The zero-order chi connectivity index (χ0) is 72.0. The molecule has 6 heterocycles. The molecule has 0 atom stereocenters. The van der Waals surface area contributed by atoms with Crippen LogP contribution >= 0.6 is 61.5 Å². The van der Waals surface area contributed by atoms with Gasteiger partial charge in [0.05, 0.1) is 55.8 Å². The molecule has 0 bridgehead atoms. The highest BCUT2D eigenvalue weighted by molar-refractivity contribution is 9.11. The molecule has 3 fully saturated rings. The van der Waals surface area contributed by atoms with E-state index in [1.54, 1.807) is 23.5 Å². The van der Waals surface area contributed by atoms with Crippen molar-refractivity contribution in [2.75, 3.05) is 79.1 Å². The second-order valence-corrected chi connectivity index (χ2v) is 34.3. The second-order valence-electron chi connectivity index (χ2n) is 22.4. The summed E-state index contributed by atoms with van der Waals surface area (Å²) in [6.07, 6.45) is 0.232. The van der Waals surface area contributed by atoms with E-state index in [-0.39, 0.29) is 154 Å². The average Bonchev–Trinajstić information content (AvgIpc) is 1.76. The Morgan fingerprint density at radius 1 is 0.480 bits per heavy atom. The zero-order valence-electron chi connectivity index (χ0n) is 53.3. The van der Waals surface area contributed by atoms with Crippen LogP contribution in [0.2, 0.25) is 5.02 Å². The number of benzene rings is 4. The third-order valence-electron chi connectivity index (χ3n) is 16.3. The molecule has 544 valence electrons. The van der Waals surface area contributed by atoms with Crippen LogP contribution < -0.4 is 46.6 Å². The Morgan fingerprint density at radius 2 is 0.860 bits per heavy atom. The van der Waals surface area contributed by atoms with Crippen molar-refractivity contribution in [3.05, 3.63) is 162 Å². The Kier molecular flexibility index (Phi) is 28.5. The molecule has 3 aliphatic rings. The van der Waals surface area contributed by atoms with E-state index in [9.17, 15) is 54.0 Å². The summed E-state index contributed by atoms with van der Waals surface area (Å²) < 4.78 is 107. The molecule has 3 aliphatic heterocycles. The lowest BCUT2D eigenvalue weighted by Gasteiger charge is -2.34. The summed E-state index contributed by atoms with van der Waals surface area (Å²) in [5, 5.41) is 38.2. The molecule has 3 saturated heterocycles. The maximum absolute atomic E-state index is 13.3. The smallest absolute Gasteiger partial charge is 0.265 e. The summed E-state index contributed by atoms with van der Waals surface area (Å²) in [5.41, 5.74) is 5.51. The molecule has 6 amide bonds. The molecule has 0 saturated carbocycles. The van der Waals surface area contributed by atoms with Crippen LogP contribution in [0.1, 0.15) is 62.2 Å². The van der Waals surface area contributed by atoms with Gasteiger partial charge in [-0.15, -0.1) is 34.0 Å². The van der Waals surface area contributed by atoms with E-state index in [0.717, 1.165) is 24.0 Å². The fourth-order valence-electron chi connectivity index (χ4n) is 10.8. The second kappa shape index (κ2) is 36.4. The van der Waals surface area contributed by atoms with Crippen molar-refractivity contribution in [3.8, 4) is 27.7 Å². The number of ether oxygens (including phenoxy) is 6. The summed E-state index contributed by atoms with van der Waals surface area (Å²) >= 11 is 13.6. The topological polar surface area (TPSA) is 393 Å². The molecule has 100 heavy (non-hydrogen) atoms. The minimum Gasteiger partial charge on any atom is -0.492 e. The number of rotatable bonds is 27. The van der Waals surface area contributed by atoms with Gasteiger partial charge in [-0.25, -0.2) is 41.7 Å². The molecule has 3 aromatic heterocycles. The van der Waals surface area contributed by atoms with Crippen LogP contribution in [0.3, 0.4) is 0 Å². The van der Waals surface area contributed by atoms with Gasteiger partial charge < -0.3 is 44.4 Å². The lowest BCUT2D eigenvalue weighted by molar-refractivity contribution is -0.135. The van der Waals surface area contributed by atoms with Crippen LogP contribution in [-0.4, -0.2) is 170 Å². The lowest BCUT2D eigenvalue weighted by Crippen LogP contribution is -2.54. The van der Waals surface area contributed by atoms with Gasteiger partial charge >= 0.3 is 0 Å². The Hall–Kier alpha value is -7.42. The number of carbonyl (C=O) groups excluding carboxylic acids is 6. The van der Waals surface area contributed by atoms with Gasteiger partial charge in [0.15, 0.2) is 43.8 Å². The van der Waals surface area contributed by atoms with Crippen molar-refractivity contribution in [1.82, 2.24) is 32.4 Å². The van der Waals surface area contributed by atoms with Crippen molar-refractivity contribution in [1.29, 1.82) is 0 Å². The number of amides is 6. The molecular formula is C65H78BrClN6O21S6. The van der Waals surface area contributed by atoms with E-state index in [1.165, 1.54) is 112 Å². The van der Waals surface area contributed by atoms with E-state index in [1.807, 2.05) is 53.9 Å². The summed E-state index contributed by atoms with van der Waals surface area (Å²) in [7, 11) is -12.3. The van der Waals surface area contributed by atoms with Crippen LogP contribution in [-0.2, 0) is 80.5 Å². The summed E-state index contributed by atoms with van der Waals surface area (Å²) in [6, 6.07) is 35.8. The van der Waals surface area contributed by atoms with Gasteiger partial charge in [-0.1, -0.05) is 29.8 Å². The van der Waals surface area contributed by atoms with Crippen LogP contribution in [0.15, 0.2) is 157 Å². The molecule has 27 nitrogen and oxygen atoms in total. The Bertz CT molecular complexity index is 4260. The van der Waals surface area contributed by atoms with Gasteiger partial charge in [0, 0.05) is 63.6 Å². The molecule has 4 aromatic carbocycles. The Labute approximate surface area is 606 Å². The largest absolute Gasteiger partial charge is 0.492 e. The lowest BCUT2D eigenvalue weighted by atomic mass is 9.98. The molecule has 35 heteroatoms. The van der Waals surface area contributed by atoms with Gasteiger partial charge in [-0.3, -0.25) is 44.4 Å². The number of hydrogen-bond acceptors (Lipinski definition) is 24. The van der Waals surface area contributed by atoms with Crippen molar-refractivity contribution in [3.63, 3.8) is 0 Å². The number of thiophene rings is 3. The van der Waals surface area contributed by atoms with Gasteiger partial charge in [-0.05, 0) is 181 Å². The Balaban J connectivity index is 0.000000276. The highest BCUT2D eigenvalue weighted by Gasteiger charge is 2.54. The van der Waals surface area contributed by atoms with Crippen molar-refractivity contribution < 1.29 is 102 Å². The first-order valence-corrected chi connectivity index (χ1v) is 39.0.